The van der Waals surface area contributed by atoms with E-state index in [0.29, 0.717) is 0 Å². The van der Waals surface area contributed by atoms with Crippen LogP contribution in [0.3, 0.4) is 0 Å². The summed E-state index contributed by atoms with van der Waals surface area (Å²) in [7, 11) is 0. The third kappa shape index (κ3) is 4.57. The molecule has 0 aliphatic heterocycles. The monoisotopic (exact) mass is 699 g/mol. The number of aromatic nitrogens is 3. The van der Waals surface area contributed by atoms with Crippen molar-refractivity contribution in [3.63, 3.8) is 0 Å². The Balaban J connectivity index is 0.955. The Kier molecular flexibility index (Phi) is 6.34. The van der Waals surface area contributed by atoms with Crippen molar-refractivity contribution in [1.82, 2.24) is 14.1 Å². The predicted molar refractivity (Wildman–Crippen MR) is 233 cm³/mol. The molecule has 12 rings (SSSR count). The first kappa shape index (κ1) is 30.1. The normalized spacial score (nSPS) is 12.0. The summed E-state index contributed by atoms with van der Waals surface area (Å²) < 4.78 is 4.79. The van der Waals surface area contributed by atoms with Crippen molar-refractivity contribution in [2.75, 3.05) is 0 Å². The largest absolute Gasteiger partial charge is 0.354 e. The highest BCUT2D eigenvalue weighted by Gasteiger charge is 2.16. The first-order chi connectivity index (χ1) is 27.2. The van der Waals surface area contributed by atoms with Crippen LogP contribution in [0.2, 0.25) is 0 Å². The van der Waals surface area contributed by atoms with E-state index in [4.69, 9.17) is 0 Å². The lowest BCUT2D eigenvalue weighted by molar-refractivity contribution is 1.18. The highest BCUT2D eigenvalue weighted by molar-refractivity contribution is 6.13. The van der Waals surface area contributed by atoms with Crippen LogP contribution >= 0.6 is 0 Å². The minimum atomic E-state index is 1.16. The van der Waals surface area contributed by atoms with Gasteiger partial charge in [-0.3, -0.25) is 0 Å². The molecular formula is C52H33N3. The van der Waals surface area contributed by atoms with Crippen LogP contribution in [0.4, 0.5) is 0 Å². The number of nitrogens with zero attached hydrogens (tertiary/aromatic N) is 2. The molecule has 3 nitrogen and oxygen atoms in total. The zero-order chi connectivity index (χ0) is 36.0. The van der Waals surface area contributed by atoms with Crippen LogP contribution in [-0.2, 0) is 0 Å². The maximum absolute atomic E-state index is 3.61. The van der Waals surface area contributed by atoms with Crippen LogP contribution in [0.15, 0.2) is 194 Å². The van der Waals surface area contributed by atoms with Crippen molar-refractivity contribution in [1.29, 1.82) is 0 Å². The van der Waals surface area contributed by atoms with Crippen molar-refractivity contribution in [3.8, 4) is 33.6 Å². The number of hydrogen-bond donors (Lipinski definition) is 1. The molecule has 3 aromatic heterocycles. The third-order valence-corrected chi connectivity index (χ3v) is 11.6. The smallest absolute Gasteiger partial charge is 0.0541 e. The lowest BCUT2D eigenvalue weighted by atomic mass is 9.99. The highest BCUT2D eigenvalue weighted by Crippen LogP contribution is 2.39. The van der Waals surface area contributed by atoms with Gasteiger partial charge in [0.2, 0.25) is 0 Å². The molecule has 0 unspecified atom stereocenters. The van der Waals surface area contributed by atoms with E-state index >= 15 is 0 Å². The van der Waals surface area contributed by atoms with Crippen molar-refractivity contribution < 1.29 is 0 Å². The number of rotatable bonds is 4. The summed E-state index contributed by atoms with van der Waals surface area (Å²) in [5.74, 6) is 0. The van der Waals surface area contributed by atoms with Gasteiger partial charge in [0.1, 0.15) is 0 Å². The van der Waals surface area contributed by atoms with E-state index in [2.05, 4.69) is 208 Å². The fourth-order valence-electron chi connectivity index (χ4n) is 9.02. The summed E-state index contributed by atoms with van der Waals surface area (Å²) in [5.41, 5.74) is 14.4. The maximum Gasteiger partial charge on any atom is 0.0541 e. The van der Waals surface area contributed by atoms with Gasteiger partial charge in [-0.05, 0) is 112 Å². The standard InChI is InChI=1S/C52H33N3/c1-2-10-39(11-3-1)54-49-16-8-5-13-43(49)45-30-36(22-26-51(45)54)37-23-27-52-46(31-37)44-14-6-9-17-50(44)55(52)40-24-20-34-28-33(18-19-35(34)29-40)38-21-25-42-41-12-4-7-15-47(41)53-48(42)32-38/h1-32,53H. The molecule has 3 heterocycles. The lowest BCUT2D eigenvalue weighted by Crippen LogP contribution is -1.94. The van der Waals surface area contributed by atoms with Crippen molar-refractivity contribution >= 4 is 76.2 Å². The number of H-pyrrole nitrogens is 1. The second kappa shape index (κ2) is 11.6. The molecule has 0 fully saturated rings. The van der Waals surface area contributed by atoms with Crippen molar-refractivity contribution in [2.24, 2.45) is 0 Å². The Hall–Kier alpha value is -7.36. The summed E-state index contributed by atoms with van der Waals surface area (Å²) >= 11 is 0. The molecule has 0 aliphatic rings. The van der Waals surface area contributed by atoms with E-state index < -0.39 is 0 Å². The number of benzene rings is 9. The average Bonchev–Trinajstić information content (AvgIpc) is 3.90. The predicted octanol–water partition coefficient (Wildman–Crippen LogP) is 14.0. The molecule has 0 saturated heterocycles. The van der Waals surface area contributed by atoms with Crippen LogP contribution in [0.5, 0.6) is 0 Å². The van der Waals surface area contributed by atoms with Crippen LogP contribution in [0.1, 0.15) is 0 Å². The zero-order valence-electron chi connectivity index (χ0n) is 29.9. The molecule has 0 amide bonds. The molecule has 0 saturated carbocycles. The second-order valence-electron chi connectivity index (χ2n) is 14.7. The number of hydrogen-bond acceptors (Lipinski definition) is 0. The Morgan fingerprint density at radius 3 is 1.49 bits per heavy atom. The van der Waals surface area contributed by atoms with Crippen molar-refractivity contribution in [2.45, 2.75) is 0 Å². The summed E-state index contributed by atoms with van der Waals surface area (Å²) in [6, 6.07) is 71.1. The molecule has 0 bridgehead atoms. The number of para-hydroxylation sites is 4. The van der Waals surface area contributed by atoms with Crippen molar-refractivity contribution in [3.05, 3.63) is 194 Å². The van der Waals surface area contributed by atoms with E-state index in [1.165, 1.54) is 104 Å². The molecular weight excluding hydrogens is 667 g/mol. The van der Waals surface area contributed by atoms with Gasteiger partial charge in [0.05, 0.1) is 22.1 Å². The van der Waals surface area contributed by atoms with E-state index in [-0.39, 0.29) is 0 Å². The fraction of sp³-hybridized carbons (Fsp3) is 0. The topological polar surface area (TPSA) is 25.6 Å². The quantitative estimate of drug-likeness (QED) is 0.189. The second-order valence-corrected chi connectivity index (χ2v) is 14.7. The first-order valence-corrected chi connectivity index (χ1v) is 18.9. The van der Waals surface area contributed by atoms with Crippen LogP contribution < -0.4 is 0 Å². The summed E-state index contributed by atoms with van der Waals surface area (Å²) in [6.45, 7) is 0. The van der Waals surface area contributed by atoms with E-state index in [0.717, 1.165) is 5.69 Å². The Morgan fingerprint density at radius 2 is 0.764 bits per heavy atom. The molecule has 12 aromatic rings. The fourth-order valence-corrected chi connectivity index (χ4v) is 9.02. The van der Waals surface area contributed by atoms with E-state index in [1.807, 2.05) is 0 Å². The third-order valence-electron chi connectivity index (χ3n) is 11.6. The molecule has 0 radical (unpaired) electrons. The van der Waals surface area contributed by atoms with Gasteiger partial charge in [0.15, 0.2) is 0 Å². The van der Waals surface area contributed by atoms with Gasteiger partial charge < -0.3 is 14.1 Å². The minimum Gasteiger partial charge on any atom is -0.354 e. The molecule has 9 aromatic carbocycles. The molecule has 55 heavy (non-hydrogen) atoms. The Labute approximate surface area is 316 Å². The van der Waals surface area contributed by atoms with Gasteiger partial charge in [-0.2, -0.15) is 0 Å². The van der Waals surface area contributed by atoms with Gasteiger partial charge in [0, 0.05) is 54.7 Å². The average molecular weight is 700 g/mol. The highest BCUT2D eigenvalue weighted by atomic mass is 15.0. The summed E-state index contributed by atoms with van der Waals surface area (Å²) in [6.07, 6.45) is 0. The van der Waals surface area contributed by atoms with E-state index in [9.17, 15) is 0 Å². The lowest BCUT2D eigenvalue weighted by Gasteiger charge is -2.11. The number of nitrogens with one attached hydrogen (secondary N) is 1. The van der Waals surface area contributed by atoms with Gasteiger partial charge in [-0.25, -0.2) is 0 Å². The van der Waals surface area contributed by atoms with Gasteiger partial charge in [-0.1, -0.05) is 115 Å². The zero-order valence-corrected chi connectivity index (χ0v) is 29.9. The molecule has 256 valence electrons. The Bertz CT molecular complexity index is 3490. The summed E-state index contributed by atoms with van der Waals surface area (Å²) in [5, 5.41) is 10.0. The van der Waals surface area contributed by atoms with E-state index in [1.54, 1.807) is 0 Å². The maximum atomic E-state index is 3.61. The van der Waals surface area contributed by atoms with Crippen LogP contribution in [0, 0.1) is 0 Å². The van der Waals surface area contributed by atoms with Crippen LogP contribution in [-0.4, -0.2) is 14.1 Å². The van der Waals surface area contributed by atoms with Gasteiger partial charge in [0.25, 0.3) is 0 Å². The molecule has 3 heteroatoms. The van der Waals surface area contributed by atoms with Gasteiger partial charge >= 0.3 is 0 Å². The first-order valence-electron chi connectivity index (χ1n) is 18.9. The molecule has 0 spiro atoms. The van der Waals surface area contributed by atoms with Crippen LogP contribution in [0.25, 0.3) is 110 Å². The minimum absolute atomic E-state index is 1.16. The molecule has 0 atom stereocenters. The number of aromatic amines is 1. The molecule has 0 aliphatic carbocycles. The van der Waals surface area contributed by atoms with Gasteiger partial charge in [-0.15, -0.1) is 0 Å². The Morgan fingerprint density at radius 1 is 0.273 bits per heavy atom. The SMILES string of the molecule is c1ccc(-n2c3ccccc3c3cc(-c4ccc5c(c4)c4ccccc4n5-c4ccc5cc(-c6ccc7c(c6)[nH]c6ccccc67)ccc5c4)ccc32)cc1. The number of fused-ring (bicyclic) bond motifs is 10. The molecule has 1 N–H and O–H groups in total. The summed E-state index contributed by atoms with van der Waals surface area (Å²) in [4.78, 5) is 3.61.